The van der Waals surface area contributed by atoms with Gasteiger partial charge in [0.2, 0.25) is 0 Å². The molecule has 1 amide bonds. The van der Waals surface area contributed by atoms with Crippen LogP contribution in [-0.2, 0) is 6.42 Å². The lowest BCUT2D eigenvalue weighted by Gasteiger charge is -2.20. The molecule has 138 valence electrons. The number of amides is 1. The Morgan fingerprint density at radius 2 is 1.96 bits per heavy atom. The van der Waals surface area contributed by atoms with Crippen LogP contribution in [0, 0.1) is 0 Å². The van der Waals surface area contributed by atoms with E-state index in [0.29, 0.717) is 5.92 Å². The van der Waals surface area contributed by atoms with Crippen molar-refractivity contribution in [1.82, 2.24) is 15.6 Å². The van der Waals surface area contributed by atoms with Crippen molar-refractivity contribution >= 4 is 27.5 Å². The van der Waals surface area contributed by atoms with Crippen LogP contribution in [0.3, 0.4) is 0 Å². The van der Waals surface area contributed by atoms with Gasteiger partial charge in [-0.2, -0.15) is 0 Å². The summed E-state index contributed by atoms with van der Waals surface area (Å²) in [5.41, 5.74) is 4.36. The fraction of sp³-hybridized carbons (Fsp3) is 0.364. The van der Waals surface area contributed by atoms with Crippen LogP contribution >= 0.6 is 11.3 Å². The Kier molecular flexibility index (Phi) is 4.42. The van der Waals surface area contributed by atoms with Crippen molar-refractivity contribution in [3.05, 3.63) is 64.2 Å². The molecule has 0 bridgehead atoms. The van der Waals surface area contributed by atoms with E-state index in [4.69, 9.17) is 4.98 Å². The van der Waals surface area contributed by atoms with Gasteiger partial charge in [0, 0.05) is 11.5 Å². The third-order valence-electron chi connectivity index (χ3n) is 5.79. The molecular weight excluding hydrogens is 354 g/mol. The molecule has 1 aliphatic carbocycles. The van der Waals surface area contributed by atoms with E-state index in [1.807, 2.05) is 18.2 Å². The summed E-state index contributed by atoms with van der Waals surface area (Å²) in [6.07, 6.45) is 4.31. The zero-order chi connectivity index (χ0) is 18.2. The first-order chi connectivity index (χ1) is 13.3. The Morgan fingerprint density at radius 1 is 1.11 bits per heavy atom. The number of carbonyl (C=O) groups is 1. The van der Waals surface area contributed by atoms with Crippen molar-refractivity contribution in [2.24, 2.45) is 0 Å². The zero-order valence-corrected chi connectivity index (χ0v) is 16.0. The Morgan fingerprint density at radius 3 is 2.85 bits per heavy atom. The third kappa shape index (κ3) is 3.26. The van der Waals surface area contributed by atoms with Crippen LogP contribution in [0.15, 0.2) is 42.5 Å². The van der Waals surface area contributed by atoms with E-state index in [9.17, 15) is 4.79 Å². The molecule has 2 heterocycles. The van der Waals surface area contributed by atoms with Gasteiger partial charge < -0.3 is 10.6 Å². The highest BCUT2D eigenvalue weighted by Gasteiger charge is 2.24. The molecule has 1 atom stereocenters. The number of thiazole rings is 1. The third-order valence-corrected chi connectivity index (χ3v) is 6.97. The van der Waals surface area contributed by atoms with Crippen LogP contribution in [0.5, 0.6) is 0 Å². The summed E-state index contributed by atoms with van der Waals surface area (Å²) >= 11 is 1.75. The van der Waals surface area contributed by atoms with Gasteiger partial charge in [0.1, 0.15) is 0 Å². The van der Waals surface area contributed by atoms with E-state index in [2.05, 4.69) is 34.9 Å². The minimum atomic E-state index is 0.00965. The van der Waals surface area contributed by atoms with Crippen LogP contribution < -0.4 is 10.6 Å². The number of carbonyl (C=O) groups excluding carboxylic acids is 1. The molecule has 5 rings (SSSR count). The van der Waals surface area contributed by atoms with Crippen molar-refractivity contribution in [3.63, 3.8) is 0 Å². The average Bonchev–Trinajstić information content (AvgIpc) is 3.32. The second-order valence-corrected chi connectivity index (χ2v) is 8.58. The smallest absolute Gasteiger partial charge is 0.251 e. The van der Waals surface area contributed by atoms with E-state index < -0.39 is 0 Å². The largest absolute Gasteiger partial charge is 0.345 e. The molecular formula is C22H23N3OS. The quantitative estimate of drug-likeness (QED) is 0.720. The molecule has 1 aromatic heterocycles. The van der Waals surface area contributed by atoms with Crippen molar-refractivity contribution in [2.45, 2.75) is 37.6 Å². The topological polar surface area (TPSA) is 54.0 Å². The number of hydrogen-bond acceptors (Lipinski definition) is 4. The molecule has 5 heteroatoms. The molecule has 4 nitrogen and oxygen atoms in total. The van der Waals surface area contributed by atoms with Gasteiger partial charge in [0.05, 0.1) is 21.3 Å². The predicted molar refractivity (Wildman–Crippen MR) is 109 cm³/mol. The maximum absolute atomic E-state index is 12.8. The summed E-state index contributed by atoms with van der Waals surface area (Å²) in [4.78, 5) is 17.7. The van der Waals surface area contributed by atoms with Gasteiger partial charge in [-0.05, 0) is 68.1 Å². The second kappa shape index (κ2) is 7.06. The van der Waals surface area contributed by atoms with E-state index >= 15 is 0 Å². The number of benzene rings is 2. The lowest BCUT2D eigenvalue weighted by Crippen LogP contribution is -2.27. The lowest BCUT2D eigenvalue weighted by atomic mass is 9.99. The predicted octanol–water partition coefficient (Wildman–Crippen LogP) is 4.18. The summed E-state index contributed by atoms with van der Waals surface area (Å²) in [5.74, 6) is 0.561. The maximum Gasteiger partial charge on any atom is 0.251 e. The Balaban J connectivity index is 1.36. The molecule has 27 heavy (non-hydrogen) atoms. The van der Waals surface area contributed by atoms with Crippen LogP contribution in [0.25, 0.3) is 10.2 Å². The minimum Gasteiger partial charge on any atom is -0.345 e. The molecule has 1 aliphatic heterocycles. The van der Waals surface area contributed by atoms with Crippen LogP contribution in [0.2, 0.25) is 0 Å². The number of piperidine rings is 1. The number of rotatable bonds is 3. The molecule has 0 radical (unpaired) electrons. The highest BCUT2D eigenvalue weighted by Crippen LogP contribution is 2.34. The van der Waals surface area contributed by atoms with Gasteiger partial charge in [0.15, 0.2) is 0 Å². The van der Waals surface area contributed by atoms with E-state index in [-0.39, 0.29) is 11.9 Å². The summed E-state index contributed by atoms with van der Waals surface area (Å²) in [5, 5.41) is 7.85. The second-order valence-electron chi connectivity index (χ2n) is 7.52. The van der Waals surface area contributed by atoms with Crippen molar-refractivity contribution < 1.29 is 4.79 Å². The lowest BCUT2D eigenvalue weighted by molar-refractivity contribution is 0.0937. The fourth-order valence-corrected chi connectivity index (χ4v) is 5.45. The monoisotopic (exact) mass is 377 g/mol. The molecule has 1 saturated heterocycles. The Labute approximate surface area is 163 Å². The number of nitrogens with one attached hydrogen (secondary N) is 2. The van der Waals surface area contributed by atoms with Crippen LogP contribution in [0.1, 0.15) is 57.7 Å². The van der Waals surface area contributed by atoms with Crippen molar-refractivity contribution in [3.8, 4) is 0 Å². The average molecular weight is 378 g/mol. The first-order valence-corrected chi connectivity index (χ1v) is 10.6. The standard InChI is InChI=1S/C22H23N3OS/c26-21(24-18-7-5-14-3-1-2-4-17(14)18)16-6-8-19-20(13-16)27-22(25-19)15-9-11-23-12-10-15/h1-4,6,8,13,15,18,23H,5,7,9-12H2,(H,24,26)/t18-/m0/s1. The van der Waals surface area contributed by atoms with Gasteiger partial charge in [-0.15, -0.1) is 11.3 Å². The zero-order valence-electron chi connectivity index (χ0n) is 15.2. The first-order valence-electron chi connectivity index (χ1n) is 9.78. The maximum atomic E-state index is 12.8. The van der Waals surface area contributed by atoms with Crippen molar-refractivity contribution in [2.75, 3.05) is 13.1 Å². The number of aryl methyl sites for hydroxylation is 1. The van der Waals surface area contributed by atoms with Crippen molar-refractivity contribution in [1.29, 1.82) is 0 Å². The molecule has 0 unspecified atom stereocenters. The Hall–Kier alpha value is -2.24. The fourth-order valence-electron chi connectivity index (χ4n) is 4.28. The first kappa shape index (κ1) is 16.9. The molecule has 0 saturated carbocycles. The number of nitrogens with zero attached hydrogens (tertiary/aromatic N) is 1. The molecule has 3 aromatic rings. The Bertz CT molecular complexity index is 990. The summed E-state index contributed by atoms with van der Waals surface area (Å²) < 4.78 is 1.11. The van der Waals surface area contributed by atoms with Gasteiger partial charge in [-0.3, -0.25) is 4.79 Å². The molecule has 1 fully saturated rings. The van der Waals surface area contributed by atoms with Gasteiger partial charge in [-0.25, -0.2) is 4.98 Å². The summed E-state index contributed by atoms with van der Waals surface area (Å²) in [6, 6.07) is 14.4. The van der Waals surface area contributed by atoms with Crippen LogP contribution in [0.4, 0.5) is 0 Å². The van der Waals surface area contributed by atoms with E-state index in [1.165, 1.54) is 16.1 Å². The van der Waals surface area contributed by atoms with Gasteiger partial charge in [-0.1, -0.05) is 24.3 Å². The van der Waals surface area contributed by atoms with Gasteiger partial charge in [0.25, 0.3) is 5.91 Å². The molecule has 2 aromatic carbocycles. The van der Waals surface area contributed by atoms with E-state index in [1.54, 1.807) is 11.3 Å². The SMILES string of the molecule is O=C(N[C@H]1CCc2ccccc21)c1ccc2nc(C3CCNCC3)sc2c1. The molecule has 0 spiro atoms. The van der Waals surface area contributed by atoms with Crippen LogP contribution in [-0.4, -0.2) is 24.0 Å². The number of fused-ring (bicyclic) bond motifs is 2. The van der Waals surface area contributed by atoms with Gasteiger partial charge >= 0.3 is 0 Å². The minimum absolute atomic E-state index is 0.00965. The normalized spacial score (nSPS) is 19.9. The summed E-state index contributed by atoms with van der Waals surface area (Å²) in [7, 11) is 0. The number of aromatic nitrogens is 1. The molecule has 2 N–H and O–H groups in total. The number of hydrogen-bond donors (Lipinski definition) is 2. The van der Waals surface area contributed by atoms with E-state index in [0.717, 1.165) is 54.6 Å². The molecule has 2 aliphatic rings. The highest BCUT2D eigenvalue weighted by atomic mass is 32.1. The summed E-state index contributed by atoms with van der Waals surface area (Å²) in [6.45, 7) is 2.13. The highest BCUT2D eigenvalue weighted by molar-refractivity contribution is 7.18.